The first-order chi connectivity index (χ1) is 14.1. The highest BCUT2D eigenvalue weighted by Crippen LogP contribution is 2.34. The highest BCUT2D eigenvalue weighted by atomic mass is 127. The van der Waals surface area contributed by atoms with Crippen LogP contribution in [0.2, 0.25) is 0 Å². The number of benzene rings is 2. The number of aryl methyl sites for hydroxylation is 2. The van der Waals surface area contributed by atoms with Crippen LogP contribution in [0.4, 0.5) is 5.69 Å². The van der Waals surface area contributed by atoms with E-state index in [0.717, 1.165) is 18.5 Å². The first-order valence-corrected chi connectivity index (χ1v) is 11.2. The molecular weight excluding hydrogens is 503 g/mol. The Morgan fingerprint density at radius 1 is 1.10 bits per heavy atom. The van der Waals surface area contributed by atoms with E-state index in [9.17, 15) is 0 Å². The average molecular weight is 533 g/mol. The van der Waals surface area contributed by atoms with E-state index in [2.05, 4.69) is 85.4 Å². The predicted molar refractivity (Wildman–Crippen MR) is 126 cm³/mol. The topological polar surface area (TPSA) is 15.9 Å². The SMILES string of the molecule is Cc1c2c([n+](C)c3ccccc13)C(=Cc1ccc(NC(C)CCCl)cc1)CCC2.[I-]. The van der Waals surface area contributed by atoms with Crippen LogP contribution in [0.25, 0.3) is 22.6 Å². The Balaban J connectivity index is 0.00000256. The average Bonchev–Trinajstić information content (AvgIpc) is 2.73. The molecule has 1 aliphatic carbocycles. The fourth-order valence-electron chi connectivity index (χ4n) is 4.57. The lowest BCUT2D eigenvalue weighted by molar-refractivity contribution is -0.648. The molecule has 0 amide bonds. The third kappa shape index (κ3) is 4.67. The Morgan fingerprint density at radius 2 is 1.83 bits per heavy atom. The van der Waals surface area contributed by atoms with Gasteiger partial charge in [-0.25, -0.2) is 0 Å². The molecule has 1 unspecified atom stereocenters. The quantitative estimate of drug-likeness (QED) is 0.303. The number of nitrogens with zero attached hydrogens (tertiary/aromatic N) is 1. The molecule has 1 aliphatic rings. The molecule has 0 saturated carbocycles. The molecule has 4 rings (SSSR count). The van der Waals surface area contributed by atoms with Gasteiger partial charge in [-0.1, -0.05) is 24.3 Å². The summed E-state index contributed by atoms with van der Waals surface area (Å²) in [5, 5.41) is 4.89. The van der Waals surface area contributed by atoms with Gasteiger partial charge in [0.2, 0.25) is 11.2 Å². The Labute approximate surface area is 202 Å². The molecule has 0 spiro atoms. The number of anilines is 1. The van der Waals surface area contributed by atoms with Crippen LogP contribution in [0.3, 0.4) is 0 Å². The summed E-state index contributed by atoms with van der Waals surface area (Å²) in [6.45, 7) is 4.45. The maximum absolute atomic E-state index is 5.85. The van der Waals surface area contributed by atoms with Crippen LogP contribution in [0, 0.1) is 6.92 Å². The number of para-hydroxylation sites is 1. The molecule has 0 fully saturated rings. The van der Waals surface area contributed by atoms with Gasteiger partial charge in [0, 0.05) is 40.2 Å². The highest BCUT2D eigenvalue weighted by molar-refractivity contribution is 6.17. The van der Waals surface area contributed by atoms with E-state index in [-0.39, 0.29) is 24.0 Å². The summed E-state index contributed by atoms with van der Waals surface area (Å²) >= 11 is 5.85. The lowest BCUT2D eigenvalue weighted by Crippen LogP contribution is -3.00. The number of aromatic nitrogens is 1. The van der Waals surface area contributed by atoms with Gasteiger partial charge in [-0.15, -0.1) is 11.6 Å². The number of alkyl halides is 1. The number of rotatable bonds is 5. The van der Waals surface area contributed by atoms with Crippen LogP contribution in [0.1, 0.15) is 48.6 Å². The van der Waals surface area contributed by atoms with E-state index in [1.165, 1.54) is 51.7 Å². The minimum atomic E-state index is 0. The molecule has 2 aromatic carbocycles. The largest absolute Gasteiger partial charge is 1.00 e. The van der Waals surface area contributed by atoms with Crippen molar-refractivity contribution in [3.8, 4) is 0 Å². The predicted octanol–water partition coefficient (Wildman–Crippen LogP) is 3.28. The summed E-state index contributed by atoms with van der Waals surface area (Å²) in [4.78, 5) is 0. The smallest absolute Gasteiger partial charge is 0.213 e. The Bertz CT molecular complexity index is 1060. The minimum Gasteiger partial charge on any atom is -1.00 e. The Hall–Kier alpha value is -1.59. The van der Waals surface area contributed by atoms with Crippen LogP contribution in [-0.4, -0.2) is 11.9 Å². The molecule has 158 valence electrons. The molecule has 1 heterocycles. The van der Waals surface area contributed by atoms with Gasteiger partial charge in [0.15, 0.2) is 0 Å². The third-order valence-electron chi connectivity index (χ3n) is 6.13. The highest BCUT2D eigenvalue weighted by Gasteiger charge is 2.27. The maximum Gasteiger partial charge on any atom is 0.213 e. The van der Waals surface area contributed by atoms with Crippen LogP contribution in [-0.2, 0) is 13.5 Å². The third-order valence-corrected chi connectivity index (χ3v) is 6.35. The van der Waals surface area contributed by atoms with Crippen LogP contribution in [0.15, 0.2) is 48.5 Å². The fourth-order valence-corrected chi connectivity index (χ4v) is 4.90. The molecule has 3 aromatic rings. The van der Waals surface area contributed by atoms with Crippen LogP contribution in [0.5, 0.6) is 0 Å². The van der Waals surface area contributed by atoms with Crippen molar-refractivity contribution in [1.82, 2.24) is 0 Å². The molecule has 0 aliphatic heterocycles. The number of nitrogens with one attached hydrogen (secondary N) is 1. The Kier molecular flexibility index (Phi) is 7.81. The lowest BCUT2D eigenvalue weighted by atomic mass is 9.86. The summed E-state index contributed by atoms with van der Waals surface area (Å²) in [6, 6.07) is 17.9. The van der Waals surface area contributed by atoms with Crippen molar-refractivity contribution < 1.29 is 28.5 Å². The van der Waals surface area contributed by atoms with Gasteiger partial charge in [-0.3, -0.25) is 0 Å². The standard InChI is InChI=1S/C26H29ClN2.HI/c1-18(15-16-27)28-22-13-11-20(12-14-22)17-21-7-6-9-24-19(2)23-8-4-5-10-25(23)29(3)26(21)24;/h4-5,8,10-14,17-18H,6-7,9,15-16H2,1-3H3;1H. The van der Waals surface area contributed by atoms with Gasteiger partial charge in [0.1, 0.15) is 7.05 Å². The van der Waals surface area contributed by atoms with E-state index in [0.29, 0.717) is 11.9 Å². The van der Waals surface area contributed by atoms with E-state index >= 15 is 0 Å². The number of pyridine rings is 1. The normalized spacial score (nSPS) is 15.5. The van der Waals surface area contributed by atoms with E-state index in [1.807, 2.05) is 0 Å². The summed E-state index contributed by atoms with van der Waals surface area (Å²) in [7, 11) is 2.21. The van der Waals surface area contributed by atoms with Crippen molar-refractivity contribution in [3.63, 3.8) is 0 Å². The summed E-state index contributed by atoms with van der Waals surface area (Å²) in [5.74, 6) is 0.683. The zero-order valence-corrected chi connectivity index (χ0v) is 20.9. The number of hydrogen-bond donors (Lipinski definition) is 1. The fraction of sp³-hybridized carbons (Fsp3) is 0.346. The second-order valence-electron chi connectivity index (χ2n) is 8.20. The molecule has 0 saturated heterocycles. The second-order valence-corrected chi connectivity index (χ2v) is 8.57. The van der Waals surface area contributed by atoms with Crippen molar-refractivity contribution in [1.29, 1.82) is 0 Å². The first-order valence-electron chi connectivity index (χ1n) is 10.6. The van der Waals surface area contributed by atoms with Gasteiger partial charge < -0.3 is 29.3 Å². The molecule has 4 heteroatoms. The molecule has 0 radical (unpaired) electrons. The molecular formula is C26H30ClIN2. The van der Waals surface area contributed by atoms with Gasteiger partial charge in [-0.05, 0) is 74.9 Å². The van der Waals surface area contributed by atoms with E-state index in [4.69, 9.17) is 11.6 Å². The van der Waals surface area contributed by atoms with Gasteiger partial charge >= 0.3 is 0 Å². The summed E-state index contributed by atoms with van der Waals surface area (Å²) in [5.41, 5.74) is 9.52. The number of fused-ring (bicyclic) bond motifs is 2. The molecule has 1 atom stereocenters. The Morgan fingerprint density at radius 3 is 2.57 bits per heavy atom. The molecule has 1 N–H and O–H groups in total. The van der Waals surface area contributed by atoms with Crippen LogP contribution >= 0.6 is 11.6 Å². The monoisotopic (exact) mass is 532 g/mol. The lowest BCUT2D eigenvalue weighted by Gasteiger charge is -2.20. The number of allylic oxidation sites excluding steroid dienone is 1. The molecule has 0 bridgehead atoms. The number of halogens is 2. The summed E-state index contributed by atoms with van der Waals surface area (Å²) in [6.07, 6.45) is 6.85. The van der Waals surface area contributed by atoms with Gasteiger partial charge in [0.05, 0.1) is 0 Å². The zero-order valence-electron chi connectivity index (χ0n) is 18.0. The minimum absolute atomic E-state index is 0. The zero-order chi connectivity index (χ0) is 20.4. The summed E-state index contributed by atoms with van der Waals surface area (Å²) < 4.78 is 2.40. The van der Waals surface area contributed by atoms with Gasteiger partial charge in [0.25, 0.3) is 0 Å². The first kappa shape index (κ1) is 23.1. The van der Waals surface area contributed by atoms with Crippen molar-refractivity contribution in [2.45, 2.75) is 45.6 Å². The maximum atomic E-state index is 5.85. The molecule has 1 aromatic heterocycles. The number of hydrogen-bond acceptors (Lipinski definition) is 1. The van der Waals surface area contributed by atoms with Crippen molar-refractivity contribution >= 4 is 39.8 Å². The van der Waals surface area contributed by atoms with E-state index in [1.54, 1.807) is 0 Å². The van der Waals surface area contributed by atoms with Crippen molar-refractivity contribution in [2.75, 3.05) is 11.2 Å². The van der Waals surface area contributed by atoms with Crippen LogP contribution < -0.4 is 33.9 Å². The molecule has 2 nitrogen and oxygen atoms in total. The van der Waals surface area contributed by atoms with Crippen molar-refractivity contribution in [3.05, 3.63) is 70.9 Å². The van der Waals surface area contributed by atoms with E-state index < -0.39 is 0 Å². The van der Waals surface area contributed by atoms with Crippen molar-refractivity contribution in [2.24, 2.45) is 7.05 Å². The molecule has 30 heavy (non-hydrogen) atoms. The van der Waals surface area contributed by atoms with Gasteiger partial charge in [-0.2, -0.15) is 4.57 Å². The second kappa shape index (κ2) is 10.1.